The van der Waals surface area contributed by atoms with Gasteiger partial charge in [-0.3, -0.25) is 9.59 Å². The molecule has 0 spiro atoms. The summed E-state index contributed by atoms with van der Waals surface area (Å²) in [5.41, 5.74) is 2.25. The van der Waals surface area contributed by atoms with Crippen LogP contribution in [0.25, 0.3) is 10.2 Å². The number of thiophene rings is 1. The molecule has 2 aliphatic rings. The van der Waals surface area contributed by atoms with Crippen LogP contribution in [0.3, 0.4) is 0 Å². The minimum atomic E-state index is -0.0385. The number of rotatable bonds is 5. The van der Waals surface area contributed by atoms with Crippen molar-refractivity contribution in [1.82, 2.24) is 14.9 Å². The molecule has 0 saturated carbocycles. The first kappa shape index (κ1) is 20.8. The Morgan fingerprint density at radius 2 is 2.06 bits per heavy atom. The summed E-state index contributed by atoms with van der Waals surface area (Å²) in [6.07, 6.45) is 3.16. The van der Waals surface area contributed by atoms with Gasteiger partial charge in [-0.2, -0.15) is 0 Å². The van der Waals surface area contributed by atoms with Gasteiger partial charge < -0.3 is 14.8 Å². The number of aromatic amines is 1. The van der Waals surface area contributed by atoms with E-state index in [1.54, 1.807) is 11.3 Å². The molecule has 1 aromatic carbocycles. The number of aromatic nitrogens is 2. The van der Waals surface area contributed by atoms with Gasteiger partial charge in [-0.15, -0.1) is 23.1 Å². The Labute approximate surface area is 193 Å². The number of hydrogen-bond acceptors (Lipinski definition) is 6. The normalized spacial score (nSPS) is 16.2. The summed E-state index contributed by atoms with van der Waals surface area (Å²) in [6, 6.07) is 7.83. The molecule has 2 aromatic heterocycles. The van der Waals surface area contributed by atoms with Crippen molar-refractivity contribution < 1.29 is 4.79 Å². The van der Waals surface area contributed by atoms with E-state index in [-0.39, 0.29) is 11.5 Å². The van der Waals surface area contributed by atoms with Gasteiger partial charge in [0.1, 0.15) is 10.7 Å². The molecule has 6 nitrogen and oxygen atoms in total. The predicted molar refractivity (Wildman–Crippen MR) is 129 cm³/mol. The van der Waals surface area contributed by atoms with Crippen molar-refractivity contribution in [3.05, 3.63) is 55.9 Å². The SMILES string of the molecule is O=C(CSCc1nc2sc3c(c2c(=O)[nH]1)CCC3)N1CCN(c2cccc(Cl)c2)CC1. The van der Waals surface area contributed by atoms with Gasteiger partial charge in [-0.05, 0) is 43.0 Å². The smallest absolute Gasteiger partial charge is 0.259 e. The quantitative estimate of drug-likeness (QED) is 0.610. The number of piperazine rings is 1. The lowest BCUT2D eigenvalue weighted by Crippen LogP contribution is -2.49. The third-order valence-electron chi connectivity index (χ3n) is 5.89. The molecule has 1 saturated heterocycles. The maximum atomic E-state index is 12.6. The molecule has 0 radical (unpaired) electrons. The van der Waals surface area contributed by atoms with E-state index >= 15 is 0 Å². The molecule has 3 aromatic rings. The highest BCUT2D eigenvalue weighted by Crippen LogP contribution is 2.34. The number of benzene rings is 1. The van der Waals surface area contributed by atoms with Crippen LogP contribution < -0.4 is 10.5 Å². The number of hydrogen-bond donors (Lipinski definition) is 1. The summed E-state index contributed by atoms with van der Waals surface area (Å²) in [6.45, 7) is 3.00. The molecule has 31 heavy (non-hydrogen) atoms. The maximum absolute atomic E-state index is 12.6. The van der Waals surface area contributed by atoms with Gasteiger partial charge in [0.25, 0.3) is 5.56 Å². The first-order chi connectivity index (χ1) is 15.1. The van der Waals surface area contributed by atoms with Crippen molar-refractivity contribution in [2.24, 2.45) is 0 Å². The summed E-state index contributed by atoms with van der Waals surface area (Å²) < 4.78 is 0. The molecule has 1 N–H and O–H groups in total. The summed E-state index contributed by atoms with van der Waals surface area (Å²) in [7, 11) is 0. The van der Waals surface area contributed by atoms with Crippen LogP contribution in [-0.4, -0.2) is 52.7 Å². The minimum Gasteiger partial charge on any atom is -0.368 e. The fraction of sp³-hybridized carbons (Fsp3) is 0.409. The van der Waals surface area contributed by atoms with Gasteiger partial charge in [0, 0.05) is 41.8 Å². The van der Waals surface area contributed by atoms with Crippen molar-refractivity contribution in [2.75, 3.05) is 36.8 Å². The number of carbonyl (C=O) groups is 1. The molecule has 1 aliphatic heterocycles. The standard InChI is InChI=1S/C22H23ClN4O2S2/c23-14-3-1-4-15(11-14)26-7-9-27(10-8-26)19(28)13-30-12-18-24-21(29)20-16-5-2-6-17(16)31-22(20)25-18/h1,3-4,11H,2,5-10,12-13H2,(H,24,25,29). The van der Waals surface area contributed by atoms with Crippen molar-refractivity contribution in [3.8, 4) is 0 Å². The molecule has 0 atom stereocenters. The largest absolute Gasteiger partial charge is 0.368 e. The topological polar surface area (TPSA) is 69.3 Å². The van der Waals surface area contributed by atoms with Crippen molar-refractivity contribution in [2.45, 2.75) is 25.0 Å². The zero-order chi connectivity index (χ0) is 21.4. The Kier molecular flexibility index (Phi) is 5.95. The van der Waals surface area contributed by atoms with E-state index in [1.807, 2.05) is 29.2 Å². The highest BCUT2D eigenvalue weighted by molar-refractivity contribution is 7.99. The van der Waals surface area contributed by atoms with Crippen LogP contribution in [0.5, 0.6) is 0 Å². The van der Waals surface area contributed by atoms with E-state index < -0.39 is 0 Å². The van der Waals surface area contributed by atoms with Gasteiger partial charge in [0.15, 0.2) is 0 Å². The molecule has 0 bridgehead atoms. The third-order valence-corrected chi connectivity index (χ3v) is 8.24. The Bertz CT molecular complexity index is 1180. The summed E-state index contributed by atoms with van der Waals surface area (Å²) >= 11 is 9.24. The number of nitrogens with zero attached hydrogens (tertiary/aromatic N) is 3. The highest BCUT2D eigenvalue weighted by Gasteiger charge is 2.23. The molecule has 1 aliphatic carbocycles. The van der Waals surface area contributed by atoms with Crippen LogP contribution >= 0.6 is 34.7 Å². The van der Waals surface area contributed by atoms with Gasteiger partial charge >= 0.3 is 0 Å². The summed E-state index contributed by atoms with van der Waals surface area (Å²) in [4.78, 5) is 39.1. The average molecular weight is 475 g/mol. The number of thioether (sulfide) groups is 1. The second kappa shape index (κ2) is 8.84. The molecular weight excluding hydrogens is 452 g/mol. The van der Waals surface area contributed by atoms with Crippen molar-refractivity contribution in [3.63, 3.8) is 0 Å². The number of aryl methyl sites for hydroxylation is 2. The van der Waals surface area contributed by atoms with Crippen molar-refractivity contribution in [1.29, 1.82) is 0 Å². The van der Waals surface area contributed by atoms with Gasteiger partial charge in [-0.25, -0.2) is 4.98 Å². The Morgan fingerprint density at radius 3 is 2.87 bits per heavy atom. The van der Waals surface area contributed by atoms with E-state index in [4.69, 9.17) is 11.6 Å². The molecule has 1 amide bonds. The van der Waals surface area contributed by atoms with Gasteiger partial charge in [-0.1, -0.05) is 17.7 Å². The number of amides is 1. The number of halogens is 1. The highest BCUT2D eigenvalue weighted by atomic mass is 35.5. The van der Waals surface area contributed by atoms with Crippen LogP contribution in [-0.2, 0) is 23.4 Å². The molecule has 5 rings (SSSR count). The molecule has 3 heterocycles. The zero-order valence-electron chi connectivity index (χ0n) is 17.0. The Balaban J connectivity index is 1.14. The fourth-order valence-electron chi connectivity index (χ4n) is 4.33. The second-order valence-electron chi connectivity index (χ2n) is 7.89. The predicted octanol–water partition coefficient (Wildman–Crippen LogP) is 3.71. The Hall–Kier alpha value is -2.03. The van der Waals surface area contributed by atoms with Crippen molar-refractivity contribution >= 4 is 56.5 Å². The van der Waals surface area contributed by atoms with Crippen LogP contribution in [0.15, 0.2) is 29.1 Å². The maximum Gasteiger partial charge on any atom is 0.259 e. The summed E-state index contributed by atoms with van der Waals surface area (Å²) in [5.74, 6) is 1.71. The third kappa shape index (κ3) is 4.33. The molecule has 0 unspecified atom stereocenters. The molecule has 1 fully saturated rings. The molecule has 9 heteroatoms. The molecule has 162 valence electrons. The number of carbonyl (C=O) groups excluding carboxylic acids is 1. The van der Waals surface area contributed by atoms with E-state index in [2.05, 4.69) is 14.9 Å². The number of fused-ring (bicyclic) bond motifs is 3. The fourth-order valence-corrected chi connectivity index (χ4v) is 6.58. The number of H-pyrrole nitrogens is 1. The lowest BCUT2D eigenvalue weighted by Gasteiger charge is -2.36. The average Bonchev–Trinajstić information content (AvgIpc) is 3.35. The van der Waals surface area contributed by atoms with Crippen LogP contribution in [0.1, 0.15) is 22.7 Å². The van der Waals surface area contributed by atoms with E-state index in [9.17, 15) is 9.59 Å². The second-order valence-corrected chi connectivity index (χ2v) is 10.4. The van der Waals surface area contributed by atoms with E-state index in [1.165, 1.54) is 22.2 Å². The minimum absolute atomic E-state index is 0.0385. The lowest BCUT2D eigenvalue weighted by molar-refractivity contribution is -0.128. The molecular formula is C22H23ClN4O2S2. The lowest BCUT2D eigenvalue weighted by atomic mass is 10.2. The van der Waals surface area contributed by atoms with Crippen LogP contribution in [0.2, 0.25) is 5.02 Å². The van der Waals surface area contributed by atoms with Gasteiger partial charge in [0.2, 0.25) is 5.91 Å². The monoisotopic (exact) mass is 474 g/mol. The first-order valence-electron chi connectivity index (χ1n) is 10.5. The number of nitrogens with one attached hydrogen (secondary N) is 1. The zero-order valence-corrected chi connectivity index (χ0v) is 19.4. The first-order valence-corrected chi connectivity index (χ1v) is 12.8. The number of anilines is 1. The Morgan fingerprint density at radius 1 is 1.23 bits per heavy atom. The van der Waals surface area contributed by atoms with Crippen LogP contribution in [0.4, 0.5) is 5.69 Å². The van der Waals surface area contributed by atoms with E-state index in [0.29, 0.717) is 30.4 Å². The summed E-state index contributed by atoms with van der Waals surface area (Å²) in [5, 5.41) is 1.50. The van der Waals surface area contributed by atoms with E-state index in [0.717, 1.165) is 53.3 Å². The van der Waals surface area contributed by atoms with Crippen LogP contribution in [0, 0.1) is 0 Å². The van der Waals surface area contributed by atoms with Gasteiger partial charge in [0.05, 0.1) is 16.9 Å².